The van der Waals surface area contributed by atoms with E-state index in [-0.39, 0.29) is 17.8 Å². The van der Waals surface area contributed by atoms with Crippen molar-refractivity contribution in [1.82, 2.24) is 4.90 Å². The molecular formula is C22H23N3O3. The van der Waals surface area contributed by atoms with Gasteiger partial charge in [0.1, 0.15) is 5.71 Å². The molecule has 2 aliphatic rings. The number of nitrogens with zero attached hydrogens (tertiary/aromatic N) is 3. The average molecular weight is 377 g/mol. The molecule has 0 saturated carbocycles. The number of hydrogen-bond acceptors (Lipinski definition) is 5. The average Bonchev–Trinajstić information content (AvgIpc) is 3.24. The lowest BCUT2D eigenvalue weighted by Gasteiger charge is -2.36. The van der Waals surface area contributed by atoms with Gasteiger partial charge >= 0.3 is 0 Å². The third-order valence-corrected chi connectivity index (χ3v) is 5.29. The summed E-state index contributed by atoms with van der Waals surface area (Å²) in [6.07, 6.45) is 0.330. The second-order valence-electron chi connectivity index (χ2n) is 7.13. The van der Waals surface area contributed by atoms with Crippen LogP contribution in [0.25, 0.3) is 0 Å². The topological polar surface area (TPSA) is 62.2 Å². The van der Waals surface area contributed by atoms with Gasteiger partial charge < -0.3 is 14.6 Å². The first kappa shape index (κ1) is 18.2. The Morgan fingerprint density at radius 1 is 0.964 bits per heavy atom. The minimum Gasteiger partial charge on any atom is -0.387 e. The highest BCUT2D eigenvalue weighted by atomic mass is 16.6. The Labute approximate surface area is 164 Å². The Morgan fingerprint density at radius 2 is 1.64 bits per heavy atom. The first-order chi connectivity index (χ1) is 13.6. The number of amides is 1. The Hall–Kier alpha value is -3.15. The monoisotopic (exact) mass is 377 g/mol. The van der Waals surface area contributed by atoms with Gasteiger partial charge in [-0.3, -0.25) is 9.59 Å². The lowest BCUT2D eigenvalue weighted by Crippen LogP contribution is -2.50. The summed E-state index contributed by atoms with van der Waals surface area (Å²) in [5.41, 5.74) is 3.31. The number of oxime groups is 1. The van der Waals surface area contributed by atoms with Crippen LogP contribution in [0.5, 0.6) is 0 Å². The van der Waals surface area contributed by atoms with Crippen molar-refractivity contribution in [3.8, 4) is 0 Å². The van der Waals surface area contributed by atoms with Crippen LogP contribution >= 0.6 is 0 Å². The first-order valence-corrected chi connectivity index (χ1v) is 9.54. The van der Waals surface area contributed by atoms with E-state index in [1.807, 2.05) is 59.5 Å². The number of ketones is 1. The molecule has 6 heteroatoms. The van der Waals surface area contributed by atoms with Crippen LogP contribution in [0.3, 0.4) is 0 Å². The highest BCUT2D eigenvalue weighted by molar-refractivity contribution is 6.39. The summed E-state index contributed by atoms with van der Waals surface area (Å²) in [4.78, 5) is 33.8. The fourth-order valence-electron chi connectivity index (χ4n) is 3.61. The fraction of sp³-hybridized carbons (Fsp3) is 0.318. The molecule has 1 amide bonds. The van der Waals surface area contributed by atoms with Crippen LogP contribution in [0.4, 0.5) is 5.69 Å². The maximum absolute atomic E-state index is 12.8. The Kier molecular flexibility index (Phi) is 5.10. The standard InChI is InChI=1S/C22H23N3O3/c1-16(26)17-7-9-19(10-8-17)24-11-13-25(14-12-24)22(27)20-15-21(28-23-20)18-5-3-2-4-6-18/h2-10,21H,11-15H2,1H3. The molecule has 144 valence electrons. The van der Waals surface area contributed by atoms with Gasteiger partial charge in [-0.25, -0.2) is 0 Å². The van der Waals surface area contributed by atoms with Crippen molar-refractivity contribution in [1.29, 1.82) is 0 Å². The zero-order valence-electron chi connectivity index (χ0n) is 15.9. The van der Waals surface area contributed by atoms with E-state index in [1.54, 1.807) is 6.92 Å². The third-order valence-electron chi connectivity index (χ3n) is 5.29. The minimum absolute atomic E-state index is 0.0370. The number of piperazine rings is 1. The minimum atomic E-state index is -0.179. The van der Waals surface area contributed by atoms with Crippen LogP contribution in [0.15, 0.2) is 59.8 Å². The van der Waals surface area contributed by atoms with E-state index < -0.39 is 0 Å². The molecule has 1 saturated heterocycles. The maximum Gasteiger partial charge on any atom is 0.271 e. The van der Waals surface area contributed by atoms with Crippen molar-refractivity contribution in [2.45, 2.75) is 19.4 Å². The van der Waals surface area contributed by atoms with Gasteiger partial charge in [0, 0.05) is 43.9 Å². The van der Waals surface area contributed by atoms with Gasteiger partial charge in [-0.15, -0.1) is 0 Å². The van der Waals surface area contributed by atoms with Crippen LogP contribution in [-0.2, 0) is 9.63 Å². The van der Waals surface area contributed by atoms with Crippen molar-refractivity contribution < 1.29 is 14.4 Å². The molecule has 2 aromatic rings. The first-order valence-electron chi connectivity index (χ1n) is 9.54. The molecule has 2 aromatic carbocycles. The van der Waals surface area contributed by atoms with E-state index in [0.29, 0.717) is 30.8 Å². The molecule has 28 heavy (non-hydrogen) atoms. The highest BCUT2D eigenvalue weighted by Gasteiger charge is 2.31. The second-order valence-corrected chi connectivity index (χ2v) is 7.13. The summed E-state index contributed by atoms with van der Waals surface area (Å²) >= 11 is 0. The van der Waals surface area contributed by atoms with Crippen molar-refractivity contribution >= 4 is 23.1 Å². The number of hydrogen-bond donors (Lipinski definition) is 0. The molecule has 4 rings (SSSR count). The number of carbonyl (C=O) groups is 2. The third kappa shape index (κ3) is 3.76. The molecule has 0 spiro atoms. The quantitative estimate of drug-likeness (QED) is 0.769. The van der Waals surface area contributed by atoms with Gasteiger partial charge in [-0.1, -0.05) is 35.5 Å². The molecule has 0 aliphatic carbocycles. The number of benzene rings is 2. The molecule has 1 fully saturated rings. The maximum atomic E-state index is 12.8. The fourth-order valence-corrected chi connectivity index (χ4v) is 3.61. The van der Waals surface area contributed by atoms with Gasteiger partial charge in [0.2, 0.25) is 0 Å². The number of carbonyl (C=O) groups excluding carboxylic acids is 2. The summed E-state index contributed by atoms with van der Waals surface area (Å²) in [7, 11) is 0. The smallest absolute Gasteiger partial charge is 0.271 e. The molecule has 0 bridgehead atoms. The van der Waals surface area contributed by atoms with E-state index >= 15 is 0 Å². The predicted molar refractivity (Wildman–Crippen MR) is 108 cm³/mol. The number of Topliss-reactive ketones (excluding diaryl/α,β-unsaturated/α-hetero) is 1. The zero-order chi connectivity index (χ0) is 19.5. The van der Waals surface area contributed by atoms with Crippen LogP contribution in [-0.4, -0.2) is 48.5 Å². The molecule has 1 unspecified atom stereocenters. The summed E-state index contributed by atoms with van der Waals surface area (Å²) in [6, 6.07) is 17.5. The SMILES string of the molecule is CC(=O)c1ccc(N2CCN(C(=O)C3=NOC(c4ccccc4)C3)CC2)cc1. The van der Waals surface area contributed by atoms with Crippen molar-refractivity contribution in [2.75, 3.05) is 31.1 Å². The van der Waals surface area contributed by atoms with Gasteiger partial charge in [-0.2, -0.15) is 0 Å². The summed E-state index contributed by atoms with van der Waals surface area (Å²) in [6.45, 7) is 4.35. The molecule has 1 atom stereocenters. The normalized spacial score (nSPS) is 19.2. The van der Waals surface area contributed by atoms with Crippen molar-refractivity contribution in [3.63, 3.8) is 0 Å². The van der Waals surface area contributed by atoms with E-state index in [0.717, 1.165) is 24.3 Å². The molecule has 0 aromatic heterocycles. The number of anilines is 1. The lowest BCUT2D eigenvalue weighted by molar-refractivity contribution is -0.124. The van der Waals surface area contributed by atoms with E-state index in [1.165, 1.54) is 0 Å². The summed E-state index contributed by atoms with van der Waals surface area (Å²) < 4.78 is 0. The predicted octanol–water partition coefficient (Wildman–Crippen LogP) is 3.06. The molecule has 0 radical (unpaired) electrons. The van der Waals surface area contributed by atoms with Gasteiger partial charge in [0.15, 0.2) is 11.9 Å². The number of rotatable bonds is 4. The molecule has 6 nitrogen and oxygen atoms in total. The summed E-state index contributed by atoms with van der Waals surface area (Å²) in [5, 5.41) is 4.05. The molecule has 0 N–H and O–H groups in total. The molecular weight excluding hydrogens is 354 g/mol. The van der Waals surface area contributed by atoms with Gasteiger partial charge in [0.25, 0.3) is 5.91 Å². The van der Waals surface area contributed by atoms with E-state index in [2.05, 4.69) is 10.1 Å². The van der Waals surface area contributed by atoms with Crippen molar-refractivity contribution in [2.24, 2.45) is 5.16 Å². The second kappa shape index (κ2) is 7.84. The molecule has 2 heterocycles. The van der Waals surface area contributed by atoms with Crippen molar-refractivity contribution in [3.05, 3.63) is 65.7 Å². The van der Waals surface area contributed by atoms with E-state index in [9.17, 15) is 9.59 Å². The van der Waals surface area contributed by atoms with Gasteiger partial charge in [-0.05, 0) is 36.8 Å². The van der Waals surface area contributed by atoms with Crippen LogP contribution in [0, 0.1) is 0 Å². The van der Waals surface area contributed by atoms with Crippen LogP contribution in [0.1, 0.15) is 35.4 Å². The Bertz CT molecular complexity index is 885. The van der Waals surface area contributed by atoms with Crippen LogP contribution in [0.2, 0.25) is 0 Å². The van der Waals surface area contributed by atoms with Crippen LogP contribution < -0.4 is 4.90 Å². The zero-order valence-corrected chi connectivity index (χ0v) is 15.9. The van der Waals surface area contributed by atoms with E-state index in [4.69, 9.17) is 4.84 Å². The van der Waals surface area contributed by atoms with Gasteiger partial charge in [0.05, 0.1) is 0 Å². The highest BCUT2D eigenvalue weighted by Crippen LogP contribution is 2.28. The molecule has 2 aliphatic heterocycles. The summed E-state index contributed by atoms with van der Waals surface area (Å²) in [5.74, 6) is 0.0281. The largest absolute Gasteiger partial charge is 0.387 e. The Morgan fingerprint density at radius 3 is 2.29 bits per heavy atom. The lowest BCUT2D eigenvalue weighted by atomic mass is 10.0. The Balaban J connectivity index is 1.32.